The zero-order valence-electron chi connectivity index (χ0n) is 16.3. The number of carbonyl (C=O) groups is 2. The molecule has 1 aromatic rings. The summed E-state index contributed by atoms with van der Waals surface area (Å²) in [7, 11) is 0. The summed E-state index contributed by atoms with van der Waals surface area (Å²) < 4.78 is 0. The van der Waals surface area contributed by atoms with Crippen LogP contribution in [0.4, 0.5) is 11.4 Å². The molecule has 2 saturated heterocycles. The maximum atomic E-state index is 12.7. The number of hydrogen-bond donors (Lipinski definition) is 1. The van der Waals surface area contributed by atoms with E-state index in [9.17, 15) is 9.59 Å². The molecule has 0 radical (unpaired) electrons. The Bertz CT molecular complexity index is 681. The van der Waals surface area contributed by atoms with Crippen LogP contribution in [0, 0.1) is 11.8 Å². The van der Waals surface area contributed by atoms with Crippen LogP contribution in [0.3, 0.4) is 0 Å². The van der Waals surface area contributed by atoms with Crippen LogP contribution in [0.5, 0.6) is 0 Å². The molecule has 1 aliphatic carbocycles. The fraction of sp³-hybridized carbons (Fsp3) is 0.636. The number of anilines is 2. The van der Waals surface area contributed by atoms with Gasteiger partial charge >= 0.3 is 0 Å². The fourth-order valence-electron chi connectivity index (χ4n) is 4.78. The average molecular weight is 370 g/mol. The zero-order valence-corrected chi connectivity index (χ0v) is 16.3. The molecular formula is C22H31N3O2. The molecule has 1 aromatic carbocycles. The molecule has 4 rings (SSSR count). The quantitative estimate of drug-likeness (QED) is 0.886. The number of amides is 2. The van der Waals surface area contributed by atoms with Gasteiger partial charge in [-0.15, -0.1) is 0 Å². The molecule has 3 atom stereocenters. The van der Waals surface area contributed by atoms with Crippen LogP contribution < -0.4 is 15.1 Å². The third-order valence-corrected chi connectivity index (χ3v) is 6.57. The second-order valence-corrected chi connectivity index (χ2v) is 8.49. The molecule has 0 bridgehead atoms. The maximum Gasteiger partial charge on any atom is 0.227 e. The van der Waals surface area contributed by atoms with E-state index >= 15 is 0 Å². The number of nitrogens with one attached hydrogen (secondary N) is 1. The zero-order chi connectivity index (χ0) is 18.8. The fourth-order valence-corrected chi connectivity index (χ4v) is 4.78. The Kier molecular flexibility index (Phi) is 5.37. The summed E-state index contributed by atoms with van der Waals surface area (Å²) in [4.78, 5) is 29.4. The Morgan fingerprint density at radius 1 is 1.00 bits per heavy atom. The van der Waals surface area contributed by atoms with Gasteiger partial charge in [-0.3, -0.25) is 9.59 Å². The van der Waals surface area contributed by atoms with Crippen molar-refractivity contribution in [2.45, 2.75) is 57.9 Å². The molecular weight excluding hydrogens is 338 g/mol. The van der Waals surface area contributed by atoms with E-state index in [1.54, 1.807) is 4.90 Å². The van der Waals surface area contributed by atoms with Gasteiger partial charge < -0.3 is 15.1 Å². The summed E-state index contributed by atoms with van der Waals surface area (Å²) >= 11 is 0. The molecule has 146 valence electrons. The molecule has 5 heteroatoms. The minimum absolute atomic E-state index is 0.0540. The first-order valence-corrected chi connectivity index (χ1v) is 10.6. The number of nitrogens with zero attached hydrogens (tertiary/aromatic N) is 2. The van der Waals surface area contributed by atoms with Crippen LogP contribution in [0.1, 0.15) is 51.9 Å². The highest BCUT2D eigenvalue weighted by Gasteiger charge is 2.36. The van der Waals surface area contributed by atoms with Crippen molar-refractivity contribution < 1.29 is 9.59 Å². The van der Waals surface area contributed by atoms with Gasteiger partial charge in [-0.1, -0.05) is 19.8 Å². The molecule has 27 heavy (non-hydrogen) atoms. The van der Waals surface area contributed by atoms with Gasteiger partial charge in [0.2, 0.25) is 11.8 Å². The molecule has 3 aliphatic rings. The smallest absolute Gasteiger partial charge is 0.227 e. The Morgan fingerprint density at radius 2 is 1.67 bits per heavy atom. The second kappa shape index (κ2) is 7.91. The first-order chi connectivity index (χ1) is 13.1. The lowest BCUT2D eigenvalue weighted by molar-refractivity contribution is -0.127. The van der Waals surface area contributed by atoms with Crippen LogP contribution in [-0.2, 0) is 9.59 Å². The number of hydrogen-bond acceptors (Lipinski definition) is 3. The molecule has 2 aliphatic heterocycles. The van der Waals surface area contributed by atoms with Crippen molar-refractivity contribution in [2.75, 3.05) is 29.4 Å². The van der Waals surface area contributed by atoms with Crippen molar-refractivity contribution in [3.8, 4) is 0 Å². The summed E-state index contributed by atoms with van der Waals surface area (Å²) in [5.74, 6) is 0.415. The van der Waals surface area contributed by atoms with E-state index in [0.29, 0.717) is 18.9 Å². The molecule has 2 heterocycles. The van der Waals surface area contributed by atoms with Crippen molar-refractivity contribution in [2.24, 2.45) is 11.8 Å². The average Bonchev–Trinajstić information content (AvgIpc) is 3.34. The third kappa shape index (κ3) is 3.97. The highest BCUT2D eigenvalue weighted by atomic mass is 16.2. The molecule has 2 amide bonds. The molecule has 1 N–H and O–H groups in total. The van der Waals surface area contributed by atoms with Gasteiger partial charge in [0.05, 0.1) is 5.92 Å². The van der Waals surface area contributed by atoms with E-state index in [1.165, 1.54) is 37.8 Å². The minimum Gasteiger partial charge on any atom is -0.372 e. The highest BCUT2D eigenvalue weighted by molar-refractivity contribution is 6.00. The predicted octanol–water partition coefficient (Wildman–Crippen LogP) is 3.33. The van der Waals surface area contributed by atoms with Crippen LogP contribution in [0.15, 0.2) is 24.3 Å². The third-order valence-electron chi connectivity index (χ3n) is 6.57. The van der Waals surface area contributed by atoms with Crippen LogP contribution in [0.2, 0.25) is 0 Å². The number of benzene rings is 1. The summed E-state index contributed by atoms with van der Waals surface area (Å²) in [6, 6.07) is 8.52. The van der Waals surface area contributed by atoms with Gasteiger partial charge in [0.1, 0.15) is 0 Å². The highest BCUT2D eigenvalue weighted by Crippen LogP contribution is 2.29. The minimum atomic E-state index is -0.232. The lowest BCUT2D eigenvalue weighted by atomic mass is 9.85. The van der Waals surface area contributed by atoms with Crippen LogP contribution in [0.25, 0.3) is 0 Å². The lowest BCUT2D eigenvalue weighted by Gasteiger charge is -2.30. The summed E-state index contributed by atoms with van der Waals surface area (Å²) in [5, 5.41) is 3.22. The Hall–Kier alpha value is -2.04. The summed E-state index contributed by atoms with van der Waals surface area (Å²) in [5.41, 5.74) is 2.13. The topological polar surface area (TPSA) is 52.7 Å². The normalized spacial score (nSPS) is 28.6. The molecule has 0 spiro atoms. The lowest BCUT2D eigenvalue weighted by Crippen LogP contribution is -2.44. The van der Waals surface area contributed by atoms with E-state index in [2.05, 4.69) is 29.3 Å². The maximum absolute atomic E-state index is 12.7. The molecule has 5 nitrogen and oxygen atoms in total. The van der Waals surface area contributed by atoms with Crippen molar-refractivity contribution in [1.82, 2.24) is 5.32 Å². The second-order valence-electron chi connectivity index (χ2n) is 8.49. The van der Waals surface area contributed by atoms with E-state index in [4.69, 9.17) is 0 Å². The van der Waals surface area contributed by atoms with Gasteiger partial charge in [0, 0.05) is 43.5 Å². The monoisotopic (exact) mass is 369 g/mol. The Labute approximate surface area is 162 Å². The Morgan fingerprint density at radius 3 is 2.37 bits per heavy atom. The molecule has 0 aromatic heterocycles. The van der Waals surface area contributed by atoms with E-state index in [0.717, 1.165) is 25.2 Å². The van der Waals surface area contributed by atoms with Crippen molar-refractivity contribution in [3.05, 3.63) is 24.3 Å². The SMILES string of the molecule is CC1CCCCC1NC(=O)C1CC(=O)N(c2ccc(N3CCCC3)cc2)C1. The van der Waals surface area contributed by atoms with Crippen LogP contribution >= 0.6 is 0 Å². The number of carbonyl (C=O) groups excluding carboxylic acids is 2. The van der Waals surface area contributed by atoms with E-state index in [-0.39, 0.29) is 23.8 Å². The largest absolute Gasteiger partial charge is 0.372 e. The standard InChI is InChI=1S/C22H31N3O2/c1-16-6-2-3-7-20(16)23-22(27)17-14-21(26)25(15-17)19-10-8-18(9-11-19)24-12-4-5-13-24/h8-11,16-17,20H,2-7,12-15H2,1H3,(H,23,27). The van der Waals surface area contributed by atoms with Gasteiger partial charge in [-0.25, -0.2) is 0 Å². The van der Waals surface area contributed by atoms with Gasteiger partial charge in [0.25, 0.3) is 0 Å². The van der Waals surface area contributed by atoms with Gasteiger partial charge in [0.15, 0.2) is 0 Å². The van der Waals surface area contributed by atoms with Crippen molar-refractivity contribution >= 4 is 23.2 Å². The molecule has 1 saturated carbocycles. The van der Waals surface area contributed by atoms with Crippen LogP contribution in [-0.4, -0.2) is 37.5 Å². The van der Waals surface area contributed by atoms with Crippen molar-refractivity contribution in [3.63, 3.8) is 0 Å². The predicted molar refractivity (Wildman–Crippen MR) is 108 cm³/mol. The number of rotatable bonds is 4. The summed E-state index contributed by atoms with van der Waals surface area (Å²) in [6.45, 7) is 4.95. The van der Waals surface area contributed by atoms with Gasteiger partial charge in [-0.05, 0) is 55.9 Å². The Balaban J connectivity index is 1.37. The van der Waals surface area contributed by atoms with E-state index in [1.807, 2.05) is 12.1 Å². The summed E-state index contributed by atoms with van der Waals surface area (Å²) in [6.07, 6.45) is 7.52. The van der Waals surface area contributed by atoms with Gasteiger partial charge in [-0.2, -0.15) is 0 Å². The first kappa shape index (κ1) is 18.3. The molecule has 3 fully saturated rings. The molecule has 3 unspecified atom stereocenters. The first-order valence-electron chi connectivity index (χ1n) is 10.6. The van der Waals surface area contributed by atoms with Crippen molar-refractivity contribution in [1.29, 1.82) is 0 Å². The van der Waals surface area contributed by atoms with E-state index < -0.39 is 0 Å².